The van der Waals surface area contributed by atoms with E-state index in [0.717, 1.165) is 5.56 Å². The number of halogens is 3. The van der Waals surface area contributed by atoms with Gasteiger partial charge in [-0.1, -0.05) is 6.07 Å². The number of anilines is 1. The number of nitriles is 1. The molecule has 2 N–H and O–H groups in total. The maximum absolute atomic E-state index is 14.0. The van der Waals surface area contributed by atoms with Crippen LogP contribution >= 0.6 is 0 Å². The molecular weight excluding hydrogens is 409 g/mol. The van der Waals surface area contributed by atoms with Gasteiger partial charge in [0.05, 0.1) is 23.9 Å². The first kappa shape index (κ1) is 20.8. The summed E-state index contributed by atoms with van der Waals surface area (Å²) in [6.07, 6.45) is -4.58. The molecule has 0 amide bonds. The van der Waals surface area contributed by atoms with Crippen molar-refractivity contribution in [3.63, 3.8) is 0 Å². The van der Waals surface area contributed by atoms with E-state index < -0.39 is 17.5 Å². The molecule has 3 heterocycles. The number of fused-ring (bicyclic) bond motifs is 3. The molecule has 1 aromatic carbocycles. The number of nitrogens with two attached hydrogens (primary N) is 1. The smallest absolute Gasteiger partial charge is 0.434 e. The number of alkyl halides is 3. The second kappa shape index (κ2) is 6.54. The minimum atomic E-state index is -4.78. The van der Waals surface area contributed by atoms with E-state index in [0.29, 0.717) is 17.0 Å². The Hall–Kier alpha value is -3.41. The van der Waals surface area contributed by atoms with E-state index in [9.17, 15) is 18.4 Å². The largest absolute Gasteiger partial charge is 0.496 e. The normalized spacial score (nSPS) is 14.9. The van der Waals surface area contributed by atoms with Gasteiger partial charge in [-0.2, -0.15) is 18.4 Å². The number of methoxy groups -OCH3 is 1. The lowest BCUT2D eigenvalue weighted by Crippen LogP contribution is -2.25. The number of ether oxygens (including phenoxy) is 2. The number of pyridine rings is 1. The molecule has 9 heteroatoms. The number of nitrogen functional groups attached to an aromatic ring is 1. The number of aromatic nitrogens is 2. The first-order valence-electron chi connectivity index (χ1n) is 9.59. The van der Waals surface area contributed by atoms with Crippen LogP contribution in [-0.2, 0) is 12.6 Å². The van der Waals surface area contributed by atoms with Crippen molar-refractivity contribution < 1.29 is 22.6 Å². The molecule has 6 nitrogen and oxygen atoms in total. The van der Waals surface area contributed by atoms with Gasteiger partial charge < -0.3 is 15.2 Å². The van der Waals surface area contributed by atoms with Crippen LogP contribution in [0.4, 0.5) is 19.0 Å². The zero-order chi connectivity index (χ0) is 22.9. The fourth-order valence-corrected chi connectivity index (χ4v) is 4.29. The predicted molar refractivity (Wildman–Crippen MR) is 110 cm³/mol. The van der Waals surface area contributed by atoms with Crippen molar-refractivity contribution in [2.45, 2.75) is 45.9 Å². The van der Waals surface area contributed by atoms with E-state index in [-0.39, 0.29) is 40.1 Å². The Bertz CT molecular complexity index is 1280. The molecule has 0 bridgehead atoms. The van der Waals surface area contributed by atoms with Crippen molar-refractivity contribution in [3.8, 4) is 23.3 Å². The second-order valence-corrected chi connectivity index (χ2v) is 8.26. The van der Waals surface area contributed by atoms with Crippen molar-refractivity contribution in [2.75, 3.05) is 12.8 Å². The number of hydrogen-bond acceptors (Lipinski definition) is 5. The highest BCUT2D eigenvalue weighted by Gasteiger charge is 2.43. The summed E-state index contributed by atoms with van der Waals surface area (Å²) in [7, 11) is 1.51. The fourth-order valence-electron chi connectivity index (χ4n) is 4.29. The molecule has 1 aliphatic heterocycles. The van der Waals surface area contributed by atoms with Crippen molar-refractivity contribution >= 4 is 16.7 Å². The second-order valence-electron chi connectivity index (χ2n) is 8.26. The number of aryl methyl sites for hydroxylation is 1. The fraction of sp³-hybridized carbons (Fsp3) is 0.364. The third-order valence-electron chi connectivity index (χ3n) is 5.55. The lowest BCUT2D eigenvalue weighted by Gasteiger charge is -2.20. The molecule has 0 spiro atoms. The molecule has 3 aromatic rings. The zero-order valence-corrected chi connectivity index (χ0v) is 17.7. The highest BCUT2D eigenvalue weighted by molar-refractivity contribution is 6.00. The molecule has 0 radical (unpaired) electrons. The maximum Gasteiger partial charge on any atom is 0.434 e. The highest BCUT2D eigenvalue weighted by Crippen LogP contribution is 2.49. The summed E-state index contributed by atoms with van der Waals surface area (Å²) in [5.41, 5.74) is 6.39. The average Bonchev–Trinajstić information content (AvgIpc) is 3.13. The summed E-state index contributed by atoms with van der Waals surface area (Å²) >= 11 is 0. The van der Waals surface area contributed by atoms with E-state index in [2.05, 4.69) is 4.98 Å². The van der Waals surface area contributed by atoms with Gasteiger partial charge >= 0.3 is 6.18 Å². The van der Waals surface area contributed by atoms with Crippen LogP contribution < -0.4 is 15.2 Å². The summed E-state index contributed by atoms with van der Waals surface area (Å²) in [6.45, 7) is 7.15. The van der Waals surface area contributed by atoms with Gasteiger partial charge in [0.1, 0.15) is 34.3 Å². The van der Waals surface area contributed by atoms with E-state index in [1.54, 1.807) is 32.9 Å². The van der Waals surface area contributed by atoms with Crippen molar-refractivity contribution in [2.24, 2.45) is 0 Å². The first-order valence-corrected chi connectivity index (χ1v) is 9.59. The van der Waals surface area contributed by atoms with E-state index >= 15 is 0 Å². The van der Waals surface area contributed by atoms with Gasteiger partial charge in [-0.15, -0.1) is 0 Å². The van der Waals surface area contributed by atoms with Gasteiger partial charge in [0.15, 0.2) is 11.4 Å². The van der Waals surface area contributed by atoms with Crippen LogP contribution in [0.5, 0.6) is 11.5 Å². The Morgan fingerprint density at radius 3 is 2.55 bits per heavy atom. The molecule has 0 unspecified atom stereocenters. The Labute approximate surface area is 177 Å². The standard InChI is InChI=1S/C22H21F3N4O2/c1-10-6-7-14(30-5)11(2)16(10)29-17-15(12(9-26)20(29)27)19(22(23,24)25)28-13-8-21(3,4)31-18(13)17/h6-7H,8,27H2,1-5H3. The molecule has 0 aliphatic carbocycles. The topological polar surface area (TPSA) is 86.1 Å². The summed E-state index contributed by atoms with van der Waals surface area (Å²) < 4.78 is 55.0. The van der Waals surface area contributed by atoms with Crippen LogP contribution in [0.1, 0.15) is 41.9 Å². The van der Waals surface area contributed by atoms with Gasteiger partial charge in [-0.05, 0) is 39.3 Å². The summed E-state index contributed by atoms with van der Waals surface area (Å²) in [5.74, 6) is 0.650. The molecule has 162 valence electrons. The van der Waals surface area contributed by atoms with Crippen LogP contribution in [0.25, 0.3) is 16.6 Å². The Morgan fingerprint density at radius 1 is 1.29 bits per heavy atom. The Balaban J connectivity index is 2.27. The van der Waals surface area contributed by atoms with Crippen molar-refractivity contribution in [1.82, 2.24) is 9.55 Å². The first-order chi connectivity index (χ1) is 14.4. The number of nitrogens with zero attached hydrogens (tertiary/aromatic N) is 3. The molecule has 4 rings (SSSR count). The molecular formula is C22H21F3N4O2. The minimum absolute atomic E-state index is 0.0939. The zero-order valence-electron chi connectivity index (χ0n) is 17.7. The van der Waals surface area contributed by atoms with Crippen LogP contribution in [0, 0.1) is 25.2 Å². The maximum atomic E-state index is 14.0. The quantitative estimate of drug-likeness (QED) is 0.629. The monoisotopic (exact) mass is 430 g/mol. The summed E-state index contributed by atoms with van der Waals surface area (Å²) in [4.78, 5) is 3.89. The van der Waals surface area contributed by atoms with Crippen LogP contribution in [0.15, 0.2) is 12.1 Å². The van der Waals surface area contributed by atoms with Gasteiger partial charge in [0.25, 0.3) is 0 Å². The van der Waals surface area contributed by atoms with Crippen LogP contribution in [-0.4, -0.2) is 22.3 Å². The summed E-state index contributed by atoms with van der Waals surface area (Å²) in [5, 5.41) is 9.40. The lowest BCUT2D eigenvalue weighted by atomic mass is 10.0. The average molecular weight is 430 g/mol. The van der Waals surface area contributed by atoms with Gasteiger partial charge in [0.2, 0.25) is 0 Å². The lowest BCUT2D eigenvalue weighted by molar-refractivity contribution is -0.139. The van der Waals surface area contributed by atoms with Gasteiger partial charge in [0, 0.05) is 12.0 Å². The van der Waals surface area contributed by atoms with Gasteiger partial charge in [-0.3, -0.25) is 4.57 Å². The van der Waals surface area contributed by atoms with Crippen molar-refractivity contribution in [1.29, 1.82) is 5.26 Å². The van der Waals surface area contributed by atoms with E-state index in [1.165, 1.54) is 11.7 Å². The molecule has 0 saturated carbocycles. The third kappa shape index (κ3) is 2.97. The number of benzene rings is 1. The highest BCUT2D eigenvalue weighted by atomic mass is 19.4. The van der Waals surface area contributed by atoms with Crippen LogP contribution in [0.3, 0.4) is 0 Å². The SMILES string of the molecule is COc1ccc(C)c(-n2c(N)c(C#N)c3c(C(F)(F)F)nc4c(c32)OC(C)(C)C4)c1C. The molecule has 2 aromatic heterocycles. The summed E-state index contributed by atoms with van der Waals surface area (Å²) in [6, 6.07) is 5.41. The third-order valence-corrected chi connectivity index (χ3v) is 5.55. The number of hydrogen-bond donors (Lipinski definition) is 1. The van der Waals surface area contributed by atoms with E-state index in [4.69, 9.17) is 15.2 Å². The predicted octanol–water partition coefficient (Wildman–Crippen LogP) is 4.84. The van der Waals surface area contributed by atoms with Crippen LogP contribution in [0.2, 0.25) is 0 Å². The number of rotatable bonds is 2. The molecule has 31 heavy (non-hydrogen) atoms. The molecule has 0 atom stereocenters. The Morgan fingerprint density at radius 2 is 1.97 bits per heavy atom. The molecule has 1 aliphatic rings. The molecule has 0 saturated heterocycles. The van der Waals surface area contributed by atoms with Gasteiger partial charge in [-0.25, -0.2) is 4.98 Å². The molecule has 0 fully saturated rings. The van der Waals surface area contributed by atoms with E-state index in [1.807, 2.05) is 13.0 Å². The minimum Gasteiger partial charge on any atom is -0.496 e. The van der Waals surface area contributed by atoms with Crippen molar-refractivity contribution in [3.05, 3.63) is 40.2 Å². The Kier molecular flexibility index (Phi) is 4.40.